The molecule has 105 valence electrons. The number of nitrogens with zero attached hydrogens (tertiary/aromatic N) is 1. The van der Waals surface area contributed by atoms with E-state index in [0.717, 1.165) is 37.9 Å². The third kappa shape index (κ3) is 4.51. The number of piperidine rings is 1. The minimum absolute atomic E-state index is 0.204. The number of ether oxygens (including phenoxy) is 1. The maximum atomic E-state index is 12.5. The molecule has 5 heteroatoms. The van der Waals surface area contributed by atoms with Crippen molar-refractivity contribution < 1.29 is 17.9 Å². The summed E-state index contributed by atoms with van der Waals surface area (Å²) < 4.78 is 43.0. The molecule has 19 heavy (non-hydrogen) atoms. The molecular formula is C14H17F3NO. The van der Waals surface area contributed by atoms with Crippen molar-refractivity contribution in [2.45, 2.75) is 38.1 Å². The second-order valence-corrected chi connectivity index (χ2v) is 4.77. The third-order valence-corrected chi connectivity index (χ3v) is 3.17. The third-order valence-electron chi connectivity index (χ3n) is 3.17. The van der Waals surface area contributed by atoms with Crippen molar-refractivity contribution in [3.8, 4) is 0 Å². The van der Waals surface area contributed by atoms with Crippen LogP contribution in [0.5, 0.6) is 0 Å². The highest BCUT2D eigenvalue weighted by molar-refractivity contribution is 5.25. The molecule has 1 saturated heterocycles. The zero-order valence-corrected chi connectivity index (χ0v) is 10.6. The molecule has 1 radical (unpaired) electrons. The summed E-state index contributed by atoms with van der Waals surface area (Å²) in [5.41, 5.74) is -0.0819. The topological polar surface area (TPSA) is 23.3 Å². The van der Waals surface area contributed by atoms with Crippen molar-refractivity contribution in [1.29, 1.82) is 0 Å². The Morgan fingerprint density at radius 1 is 1.26 bits per heavy atom. The summed E-state index contributed by atoms with van der Waals surface area (Å²) in [5, 5.41) is 4.41. The summed E-state index contributed by atoms with van der Waals surface area (Å²) in [4.78, 5) is 0. The quantitative estimate of drug-likeness (QED) is 0.824. The molecular weight excluding hydrogens is 255 g/mol. The van der Waals surface area contributed by atoms with Gasteiger partial charge in [-0.1, -0.05) is 18.6 Å². The average Bonchev–Trinajstić information content (AvgIpc) is 2.39. The Morgan fingerprint density at radius 3 is 2.79 bits per heavy atom. The fraction of sp³-hybridized carbons (Fsp3) is 0.571. The average molecular weight is 272 g/mol. The monoisotopic (exact) mass is 272 g/mol. The van der Waals surface area contributed by atoms with Gasteiger partial charge in [0.1, 0.15) is 0 Å². The van der Waals surface area contributed by atoms with Gasteiger partial charge in [-0.05, 0) is 30.5 Å². The van der Waals surface area contributed by atoms with Gasteiger partial charge in [0.05, 0.1) is 18.8 Å². The van der Waals surface area contributed by atoms with E-state index in [1.54, 1.807) is 6.07 Å². The van der Waals surface area contributed by atoms with Crippen molar-refractivity contribution in [1.82, 2.24) is 5.32 Å². The largest absolute Gasteiger partial charge is 0.416 e. The van der Waals surface area contributed by atoms with Crippen LogP contribution in [0.4, 0.5) is 13.2 Å². The van der Waals surface area contributed by atoms with E-state index in [9.17, 15) is 13.2 Å². The minimum atomic E-state index is -4.30. The van der Waals surface area contributed by atoms with E-state index in [0.29, 0.717) is 12.2 Å². The highest BCUT2D eigenvalue weighted by atomic mass is 19.4. The maximum absolute atomic E-state index is 12.5. The van der Waals surface area contributed by atoms with Gasteiger partial charge in [-0.25, -0.2) is 5.32 Å². The summed E-state index contributed by atoms with van der Waals surface area (Å²) in [6, 6.07) is 5.47. The molecule has 0 saturated carbocycles. The van der Waals surface area contributed by atoms with Crippen LogP contribution in [0.25, 0.3) is 0 Å². The van der Waals surface area contributed by atoms with Gasteiger partial charge in [-0.2, -0.15) is 13.2 Å². The number of alkyl halides is 3. The summed E-state index contributed by atoms with van der Waals surface area (Å²) in [6.07, 6.45) is -0.998. The van der Waals surface area contributed by atoms with Crippen molar-refractivity contribution in [3.63, 3.8) is 0 Å². The first-order valence-corrected chi connectivity index (χ1v) is 6.46. The molecule has 0 bridgehead atoms. The van der Waals surface area contributed by atoms with Gasteiger partial charge in [0.2, 0.25) is 0 Å². The fourth-order valence-corrected chi connectivity index (χ4v) is 2.14. The molecule has 1 aromatic rings. The number of hydrogen-bond donors (Lipinski definition) is 0. The van der Waals surface area contributed by atoms with Crippen LogP contribution in [0, 0.1) is 0 Å². The molecule has 1 atom stereocenters. The van der Waals surface area contributed by atoms with Gasteiger partial charge in [0.25, 0.3) is 0 Å². The van der Waals surface area contributed by atoms with E-state index < -0.39 is 11.7 Å². The van der Waals surface area contributed by atoms with Crippen LogP contribution in [-0.2, 0) is 17.5 Å². The van der Waals surface area contributed by atoms with Gasteiger partial charge in [0.15, 0.2) is 0 Å². The molecule has 2 nitrogen and oxygen atoms in total. The summed E-state index contributed by atoms with van der Waals surface area (Å²) in [6.45, 7) is 1.57. The van der Waals surface area contributed by atoms with Crippen molar-refractivity contribution in [2.24, 2.45) is 0 Å². The Kier molecular flexibility index (Phi) is 4.82. The van der Waals surface area contributed by atoms with E-state index in [4.69, 9.17) is 4.74 Å². The van der Waals surface area contributed by atoms with E-state index in [1.807, 2.05) is 0 Å². The summed E-state index contributed by atoms with van der Waals surface area (Å²) >= 11 is 0. The van der Waals surface area contributed by atoms with Crippen molar-refractivity contribution >= 4 is 0 Å². The Labute approximate surface area is 111 Å². The van der Waals surface area contributed by atoms with E-state index in [-0.39, 0.29) is 12.6 Å². The van der Waals surface area contributed by atoms with Crippen LogP contribution in [0.1, 0.15) is 30.4 Å². The molecule has 0 aromatic heterocycles. The van der Waals surface area contributed by atoms with Gasteiger partial charge < -0.3 is 4.74 Å². The molecule has 0 amide bonds. The van der Waals surface area contributed by atoms with E-state index >= 15 is 0 Å². The standard InChI is InChI=1S/C14H17F3NO/c15-14(16,17)12-5-3-4-11(8-12)9-19-10-13-6-1-2-7-18-13/h3-5,8,13H,1-2,6-7,9-10H2. The Hall–Kier alpha value is -1.07. The number of benzene rings is 1. The number of halogens is 3. The number of hydrogen-bond acceptors (Lipinski definition) is 1. The zero-order chi connectivity index (χ0) is 13.7. The minimum Gasteiger partial charge on any atom is -0.375 e. The lowest BCUT2D eigenvalue weighted by atomic mass is 10.1. The lowest BCUT2D eigenvalue weighted by molar-refractivity contribution is -0.137. The first kappa shape index (κ1) is 14.3. The van der Waals surface area contributed by atoms with Crippen molar-refractivity contribution in [3.05, 3.63) is 35.4 Å². The predicted octanol–water partition coefficient (Wildman–Crippen LogP) is 3.38. The highest BCUT2D eigenvalue weighted by Gasteiger charge is 2.30. The first-order valence-electron chi connectivity index (χ1n) is 6.46. The predicted molar refractivity (Wildman–Crippen MR) is 65.7 cm³/mol. The van der Waals surface area contributed by atoms with Crippen LogP contribution in [0.2, 0.25) is 0 Å². The van der Waals surface area contributed by atoms with Crippen LogP contribution in [0.3, 0.4) is 0 Å². The Bertz CT molecular complexity index is 400. The van der Waals surface area contributed by atoms with Gasteiger partial charge in [-0.15, -0.1) is 0 Å². The SMILES string of the molecule is FC(F)(F)c1cccc(COCC2CCCC[N]2)c1. The van der Waals surface area contributed by atoms with Gasteiger partial charge >= 0.3 is 6.18 Å². The fourth-order valence-electron chi connectivity index (χ4n) is 2.14. The number of rotatable bonds is 4. The molecule has 1 aliphatic rings. The van der Waals surface area contributed by atoms with Crippen LogP contribution < -0.4 is 5.32 Å². The smallest absolute Gasteiger partial charge is 0.375 e. The van der Waals surface area contributed by atoms with Crippen molar-refractivity contribution in [2.75, 3.05) is 13.2 Å². The second kappa shape index (κ2) is 6.39. The lowest BCUT2D eigenvalue weighted by Crippen LogP contribution is -2.31. The first-order chi connectivity index (χ1) is 9.05. The molecule has 1 unspecified atom stereocenters. The molecule has 1 fully saturated rings. The zero-order valence-electron chi connectivity index (χ0n) is 10.6. The van der Waals surface area contributed by atoms with E-state index in [2.05, 4.69) is 5.32 Å². The summed E-state index contributed by atoms with van der Waals surface area (Å²) in [5.74, 6) is 0. The highest BCUT2D eigenvalue weighted by Crippen LogP contribution is 2.29. The van der Waals surface area contributed by atoms with Crippen LogP contribution in [-0.4, -0.2) is 19.2 Å². The lowest BCUT2D eigenvalue weighted by Gasteiger charge is -2.21. The molecule has 2 rings (SSSR count). The second-order valence-electron chi connectivity index (χ2n) is 4.77. The molecule has 1 heterocycles. The maximum Gasteiger partial charge on any atom is 0.416 e. The summed E-state index contributed by atoms with van der Waals surface area (Å²) in [7, 11) is 0. The normalized spacial score (nSPS) is 20.5. The Balaban J connectivity index is 1.82. The molecule has 0 N–H and O–H groups in total. The van der Waals surface area contributed by atoms with Gasteiger partial charge in [0, 0.05) is 12.6 Å². The molecule has 0 spiro atoms. The molecule has 1 aliphatic heterocycles. The van der Waals surface area contributed by atoms with Crippen LogP contribution in [0.15, 0.2) is 24.3 Å². The molecule has 0 aliphatic carbocycles. The van der Waals surface area contributed by atoms with Crippen LogP contribution >= 0.6 is 0 Å². The van der Waals surface area contributed by atoms with E-state index in [1.165, 1.54) is 6.07 Å². The Morgan fingerprint density at radius 2 is 2.11 bits per heavy atom. The van der Waals surface area contributed by atoms with Gasteiger partial charge in [-0.3, -0.25) is 0 Å². The molecule has 1 aromatic carbocycles.